The van der Waals surface area contributed by atoms with E-state index in [0.717, 1.165) is 19.6 Å². The van der Waals surface area contributed by atoms with Crippen LogP contribution < -0.4 is 10.1 Å². The van der Waals surface area contributed by atoms with E-state index in [1.54, 1.807) is 24.3 Å². The maximum absolute atomic E-state index is 12.4. The molecule has 1 amide bonds. The van der Waals surface area contributed by atoms with Crippen molar-refractivity contribution in [3.8, 4) is 5.75 Å². The Labute approximate surface area is 160 Å². The summed E-state index contributed by atoms with van der Waals surface area (Å²) < 4.78 is 9.87. The molecule has 2 aromatic carbocycles. The van der Waals surface area contributed by atoms with Crippen LogP contribution in [0, 0.1) is 0 Å². The van der Waals surface area contributed by atoms with Crippen molar-refractivity contribution in [3.05, 3.63) is 59.7 Å². The molecular formula is C21H26N2O4. The van der Waals surface area contributed by atoms with Crippen LogP contribution in [0.5, 0.6) is 5.75 Å². The maximum atomic E-state index is 12.4. The molecule has 27 heavy (non-hydrogen) atoms. The largest absolute Gasteiger partial charge is 0.482 e. The van der Waals surface area contributed by atoms with Crippen LogP contribution in [0.25, 0.3) is 0 Å². The highest BCUT2D eigenvalue weighted by atomic mass is 16.6. The van der Waals surface area contributed by atoms with E-state index in [-0.39, 0.29) is 12.5 Å². The third-order valence-electron chi connectivity index (χ3n) is 4.19. The van der Waals surface area contributed by atoms with E-state index in [9.17, 15) is 9.59 Å². The molecular weight excluding hydrogens is 344 g/mol. The van der Waals surface area contributed by atoms with Crippen molar-refractivity contribution in [1.29, 1.82) is 0 Å². The van der Waals surface area contributed by atoms with Crippen LogP contribution in [0.4, 0.5) is 5.69 Å². The number of nitrogens with zero attached hydrogens (tertiary/aromatic N) is 1. The molecule has 0 aliphatic carbocycles. The average molecular weight is 370 g/mol. The fourth-order valence-electron chi connectivity index (χ4n) is 2.54. The number of nitrogens with one attached hydrogen (secondary N) is 1. The van der Waals surface area contributed by atoms with Crippen molar-refractivity contribution in [2.24, 2.45) is 0 Å². The second-order valence-corrected chi connectivity index (χ2v) is 6.01. The first-order chi connectivity index (χ1) is 13.0. The van der Waals surface area contributed by atoms with Gasteiger partial charge in [-0.05, 0) is 42.9 Å². The molecule has 0 atom stereocenters. The zero-order valence-corrected chi connectivity index (χ0v) is 16.0. The monoisotopic (exact) mass is 370 g/mol. The van der Waals surface area contributed by atoms with Gasteiger partial charge in [0.05, 0.1) is 7.11 Å². The van der Waals surface area contributed by atoms with Crippen LogP contribution in [0.3, 0.4) is 0 Å². The molecule has 0 aliphatic heterocycles. The van der Waals surface area contributed by atoms with Gasteiger partial charge in [0.2, 0.25) is 0 Å². The lowest BCUT2D eigenvalue weighted by molar-refractivity contribution is -0.142. The Morgan fingerprint density at radius 3 is 2.37 bits per heavy atom. The molecule has 0 bridgehead atoms. The van der Waals surface area contributed by atoms with Crippen molar-refractivity contribution < 1.29 is 19.1 Å². The van der Waals surface area contributed by atoms with Crippen molar-refractivity contribution in [3.63, 3.8) is 0 Å². The van der Waals surface area contributed by atoms with E-state index in [4.69, 9.17) is 4.74 Å². The van der Waals surface area contributed by atoms with Gasteiger partial charge in [-0.2, -0.15) is 0 Å². The molecule has 2 aromatic rings. The number of rotatable bonds is 9. The third kappa shape index (κ3) is 6.42. The van der Waals surface area contributed by atoms with Crippen LogP contribution >= 0.6 is 0 Å². The van der Waals surface area contributed by atoms with Gasteiger partial charge in [-0.15, -0.1) is 0 Å². The van der Waals surface area contributed by atoms with E-state index in [1.165, 1.54) is 12.7 Å². The lowest BCUT2D eigenvalue weighted by atomic mass is 10.1. The Balaban J connectivity index is 1.97. The minimum atomic E-state index is -0.464. The van der Waals surface area contributed by atoms with Crippen molar-refractivity contribution in [1.82, 2.24) is 4.90 Å². The van der Waals surface area contributed by atoms with Gasteiger partial charge in [0, 0.05) is 23.9 Å². The van der Waals surface area contributed by atoms with E-state index >= 15 is 0 Å². The average Bonchev–Trinajstić information content (AvgIpc) is 2.70. The van der Waals surface area contributed by atoms with Crippen LogP contribution in [-0.4, -0.2) is 43.6 Å². The fraction of sp³-hybridized carbons (Fsp3) is 0.333. The SMILES string of the molecule is CCN(CC)Cc1ccc(C(=O)Nc2cccc(OCC(=O)OC)c2)cc1. The van der Waals surface area contributed by atoms with Gasteiger partial charge in [-0.3, -0.25) is 9.69 Å². The topological polar surface area (TPSA) is 67.9 Å². The van der Waals surface area contributed by atoms with Crippen LogP contribution in [0.2, 0.25) is 0 Å². The number of amides is 1. The van der Waals surface area contributed by atoms with Crippen molar-refractivity contribution in [2.45, 2.75) is 20.4 Å². The number of hydrogen-bond donors (Lipinski definition) is 1. The summed E-state index contributed by atoms with van der Waals surface area (Å²) in [6.07, 6.45) is 0. The molecule has 0 fully saturated rings. The summed E-state index contributed by atoms with van der Waals surface area (Å²) >= 11 is 0. The minimum absolute atomic E-state index is 0.179. The predicted molar refractivity (Wildman–Crippen MR) is 105 cm³/mol. The van der Waals surface area contributed by atoms with Gasteiger partial charge < -0.3 is 14.8 Å². The van der Waals surface area contributed by atoms with Gasteiger partial charge in [-0.1, -0.05) is 32.0 Å². The second kappa shape index (κ2) is 10.3. The molecule has 0 unspecified atom stereocenters. The molecule has 0 heterocycles. The van der Waals surface area contributed by atoms with Crippen LogP contribution in [0.15, 0.2) is 48.5 Å². The van der Waals surface area contributed by atoms with Gasteiger partial charge in [-0.25, -0.2) is 4.79 Å². The van der Waals surface area contributed by atoms with Crippen molar-refractivity contribution >= 4 is 17.6 Å². The Morgan fingerprint density at radius 2 is 1.74 bits per heavy atom. The number of hydrogen-bond acceptors (Lipinski definition) is 5. The normalized spacial score (nSPS) is 10.5. The maximum Gasteiger partial charge on any atom is 0.343 e. The molecule has 0 radical (unpaired) electrons. The number of ether oxygens (including phenoxy) is 2. The molecule has 6 nitrogen and oxygen atoms in total. The Hall–Kier alpha value is -2.86. The van der Waals surface area contributed by atoms with E-state index < -0.39 is 5.97 Å². The summed E-state index contributed by atoms with van der Waals surface area (Å²) in [7, 11) is 1.30. The number of esters is 1. The van der Waals surface area contributed by atoms with Gasteiger partial charge in [0.15, 0.2) is 6.61 Å². The fourth-order valence-corrected chi connectivity index (χ4v) is 2.54. The van der Waals surface area contributed by atoms with Gasteiger partial charge in [0.25, 0.3) is 5.91 Å². The summed E-state index contributed by atoms with van der Waals surface area (Å²) in [5, 5.41) is 2.84. The Bertz CT molecular complexity index is 755. The lowest BCUT2D eigenvalue weighted by Crippen LogP contribution is -2.22. The molecule has 2 rings (SSSR count). The standard InChI is InChI=1S/C21H26N2O4/c1-4-23(5-2)14-16-9-11-17(12-10-16)21(25)22-18-7-6-8-19(13-18)27-15-20(24)26-3/h6-13H,4-5,14-15H2,1-3H3,(H,22,25). The lowest BCUT2D eigenvalue weighted by Gasteiger charge is -2.18. The van der Waals surface area contributed by atoms with Crippen LogP contribution in [-0.2, 0) is 16.1 Å². The summed E-state index contributed by atoms with van der Waals surface area (Å²) in [6.45, 7) is 6.94. The highest BCUT2D eigenvalue weighted by molar-refractivity contribution is 6.04. The first kappa shape index (κ1) is 20.5. The zero-order valence-electron chi connectivity index (χ0n) is 16.0. The minimum Gasteiger partial charge on any atom is -0.482 e. The molecule has 1 N–H and O–H groups in total. The van der Waals surface area contributed by atoms with E-state index in [2.05, 4.69) is 28.8 Å². The molecule has 0 spiro atoms. The van der Waals surface area contributed by atoms with Gasteiger partial charge in [0.1, 0.15) is 5.75 Å². The molecule has 0 saturated carbocycles. The predicted octanol–water partition coefficient (Wildman–Crippen LogP) is 3.33. The Morgan fingerprint density at radius 1 is 1.04 bits per heavy atom. The quantitative estimate of drug-likeness (QED) is 0.686. The van der Waals surface area contributed by atoms with E-state index in [1.807, 2.05) is 24.3 Å². The highest BCUT2D eigenvalue weighted by Gasteiger charge is 2.08. The summed E-state index contributed by atoms with van der Waals surface area (Å²) in [5.74, 6) is -0.184. The molecule has 0 saturated heterocycles. The molecule has 6 heteroatoms. The number of methoxy groups -OCH3 is 1. The summed E-state index contributed by atoms with van der Waals surface area (Å²) in [6, 6.07) is 14.5. The zero-order chi connectivity index (χ0) is 19.6. The second-order valence-electron chi connectivity index (χ2n) is 6.01. The van der Waals surface area contributed by atoms with E-state index in [0.29, 0.717) is 17.0 Å². The molecule has 0 aromatic heterocycles. The first-order valence-electron chi connectivity index (χ1n) is 8.98. The molecule has 0 aliphatic rings. The van der Waals surface area contributed by atoms with Crippen molar-refractivity contribution in [2.75, 3.05) is 32.1 Å². The van der Waals surface area contributed by atoms with Gasteiger partial charge >= 0.3 is 5.97 Å². The molecule has 144 valence electrons. The number of carbonyl (C=O) groups excluding carboxylic acids is 2. The summed E-state index contributed by atoms with van der Waals surface area (Å²) in [4.78, 5) is 25.9. The number of anilines is 1. The summed E-state index contributed by atoms with van der Waals surface area (Å²) in [5.41, 5.74) is 2.35. The van der Waals surface area contributed by atoms with Crippen LogP contribution in [0.1, 0.15) is 29.8 Å². The number of carbonyl (C=O) groups is 2. The smallest absolute Gasteiger partial charge is 0.343 e. The highest BCUT2D eigenvalue weighted by Crippen LogP contribution is 2.18. The first-order valence-corrected chi connectivity index (χ1v) is 8.98. The number of benzene rings is 2. The third-order valence-corrected chi connectivity index (χ3v) is 4.19. The Kier molecular flexibility index (Phi) is 7.82.